The summed E-state index contributed by atoms with van der Waals surface area (Å²) < 4.78 is 11.5. The Bertz CT molecular complexity index is 1730. The van der Waals surface area contributed by atoms with Gasteiger partial charge in [-0.05, 0) is 63.2 Å². The highest BCUT2D eigenvalue weighted by Crippen LogP contribution is 2.35. The van der Waals surface area contributed by atoms with E-state index in [1.165, 1.54) is 0 Å². The Morgan fingerprint density at radius 2 is 1.88 bits per heavy atom. The first kappa shape index (κ1) is 27.3. The summed E-state index contributed by atoms with van der Waals surface area (Å²) in [7, 11) is 0.988. The van der Waals surface area contributed by atoms with Crippen LogP contribution in [-0.2, 0) is 4.76 Å². The fourth-order valence-corrected chi connectivity index (χ4v) is 5.68. The molecule has 4 aromatic rings. The molecule has 0 amide bonds. The van der Waals surface area contributed by atoms with Crippen LogP contribution >= 0.6 is 11.6 Å². The highest BCUT2D eigenvalue weighted by atomic mass is 35.5. The average molecular weight is 572 g/mol. The van der Waals surface area contributed by atoms with Crippen LogP contribution in [-0.4, -0.2) is 61.5 Å². The number of aromatic nitrogens is 1. The van der Waals surface area contributed by atoms with Crippen molar-refractivity contribution in [3.05, 3.63) is 80.1 Å². The van der Waals surface area contributed by atoms with Crippen LogP contribution in [0.2, 0.25) is 5.15 Å². The van der Waals surface area contributed by atoms with Gasteiger partial charge in [0.05, 0.1) is 34.6 Å². The zero-order valence-electron chi connectivity index (χ0n) is 23.4. The molecule has 1 atom stereocenters. The van der Waals surface area contributed by atoms with Crippen molar-refractivity contribution in [2.75, 3.05) is 43.4 Å². The molecular weight excluding hydrogens is 541 g/mol. The molecule has 6 rings (SSSR count). The van der Waals surface area contributed by atoms with Gasteiger partial charge in [0.15, 0.2) is 5.43 Å². The van der Waals surface area contributed by atoms with Crippen LogP contribution in [0.3, 0.4) is 0 Å². The molecule has 2 aromatic heterocycles. The number of nitrogens with one attached hydrogen (secondary N) is 1. The lowest BCUT2D eigenvalue weighted by Gasteiger charge is -2.33. The normalized spacial score (nSPS) is 16.0. The van der Waals surface area contributed by atoms with E-state index < -0.39 is 7.12 Å². The van der Waals surface area contributed by atoms with E-state index in [0.29, 0.717) is 38.7 Å². The highest BCUT2D eigenvalue weighted by molar-refractivity contribution is 6.62. The van der Waals surface area contributed by atoms with Gasteiger partial charge in [-0.15, -0.1) is 5.16 Å². The minimum absolute atomic E-state index is 0.00642. The number of anilines is 2. The van der Waals surface area contributed by atoms with E-state index in [1.807, 2.05) is 45.0 Å². The SMILES string of the molecule is Cc1cc([C@@H](C)Nc2ccc(Cl)nc2-c2ccc3c(c2)C=NOB3O)c2oc(N3CCN(C)CC3)c(C)c(=O)c2c1. The standard InChI is InChI=1S/C30H31BClN5O4/c1-17-13-22(29-23(14-17)28(38)18(2)30(40-29)37-11-9-36(4)10-12-37)19(3)34-25-7-8-26(32)35-27(25)20-5-6-24-21(15-20)16-33-41-31(24)39/h5-8,13-16,19,34,39H,9-12H2,1-4H3/t19-/m1/s1. The van der Waals surface area contributed by atoms with Gasteiger partial charge < -0.3 is 29.3 Å². The van der Waals surface area contributed by atoms with Crippen molar-refractivity contribution in [1.29, 1.82) is 0 Å². The zero-order chi connectivity index (χ0) is 28.8. The Kier molecular flexibility index (Phi) is 7.23. The number of piperazine rings is 1. The second-order valence-corrected chi connectivity index (χ2v) is 11.2. The Balaban J connectivity index is 1.40. The Morgan fingerprint density at radius 3 is 2.66 bits per heavy atom. The summed E-state index contributed by atoms with van der Waals surface area (Å²) in [6.45, 7) is 9.29. The minimum atomic E-state index is -1.11. The first-order valence-electron chi connectivity index (χ1n) is 13.7. The molecule has 0 aliphatic carbocycles. The van der Waals surface area contributed by atoms with Crippen molar-refractivity contribution >= 4 is 52.9 Å². The second-order valence-electron chi connectivity index (χ2n) is 10.8. The molecule has 0 saturated carbocycles. The molecule has 0 spiro atoms. The van der Waals surface area contributed by atoms with Gasteiger partial charge in [0.25, 0.3) is 0 Å². The topological polar surface area (TPSA) is 103 Å². The second kappa shape index (κ2) is 10.9. The average Bonchev–Trinajstić information content (AvgIpc) is 2.96. The van der Waals surface area contributed by atoms with E-state index in [9.17, 15) is 9.82 Å². The highest BCUT2D eigenvalue weighted by Gasteiger charge is 2.26. The minimum Gasteiger partial charge on any atom is -0.440 e. The number of rotatable bonds is 5. The van der Waals surface area contributed by atoms with Crippen molar-refractivity contribution < 1.29 is 14.2 Å². The van der Waals surface area contributed by atoms with Crippen LogP contribution in [0.5, 0.6) is 0 Å². The summed E-state index contributed by atoms with van der Waals surface area (Å²) >= 11 is 6.34. The number of oxime groups is 1. The van der Waals surface area contributed by atoms with Gasteiger partial charge in [0.2, 0.25) is 5.88 Å². The quantitative estimate of drug-likeness (QED) is 0.273. The summed E-state index contributed by atoms with van der Waals surface area (Å²) in [6, 6.07) is 12.9. The van der Waals surface area contributed by atoms with E-state index >= 15 is 0 Å². The number of fused-ring (bicyclic) bond motifs is 2. The van der Waals surface area contributed by atoms with Gasteiger partial charge in [-0.3, -0.25) is 4.79 Å². The lowest BCUT2D eigenvalue weighted by atomic mass is 9.75. The maximum Gasteiger partial charge on any atom is 0.583 e. The fourth-order valence-electron chi connectivity index (χ4n) is 5.53. The summed E-state index contributed by atoms with van der Waals surface area (Å²) in [5.74, 6) is 0.642. The van der Waals surface area contributed by atoms with E-state index in [1.54, 1.807) is 18.3 Å². The number of halogens is 1. The van der Waals surface area contributed by atoms with E-state index in [-0.39, 0.29) is 11.5 Å². The Morgan fingerprint density at radius 1 is 1.10 bits per heavy atom. The van der Waals surface area contributed by atoms with Crippen molar-refractivity contribution in [2.24, 2.45) is 5.16 Å². The third-order valence-corrected chi connectivity index (χ3v) is 8.05. The van der Waals surface area contributed by atoms with Crippen LogP contribution < -0.4 is 21.1 Å². The van der Waals surface area contributed by atoms with Crippen LogP contribution in [0.15, 0.2) is 56.8 Å². The van der Waals surface area contributed by atoms with Crippen LogP contribution in [0.1, 0.15) is 35.2 Å². The molecule has 2 aliphatic rings. The predicted octanol–water partition coefficient (Wildman–Crippen LogP) is 4.10. The summed E-state index contributed by atoms with van der Waals surface area (Å²) in [5.41, 5.74) is 6.64. The smallest absolute Gasteiger partial charge is 0.440 e. The molecule has 4 heterocycles. The molecule has 210 valence electrons. The van der Waals surface area contributed by atoms with Crippen LogP contribution in [0, 0.1) is 13.8 Å². The van der Waals surface area contributed by atoms with Crippen molar-refractivity contribution in [2.45, 2.75) is 26.8 Å². The number of nitrogens with zero attached hydrogens (tertiary/aromatic N) is 4. The van der Waals surface area contributed by atoms with Crippen molar-refractivity contribution in [1.82, 2.24) is 9.88 Å². The summed E-state index contributed by atoms with van der Waals surface area (Å²) in [6.07, 6.45) is 1.56. The van der Waals surface area contributed by atoms with Gasteiger partial charge in [-0.25, -0.2) is 4.98 Å². The van der Waals surface area contributed by atoms with Gasteiger partial charge >= 0.3 is 7.12 Å². The molecule has 1 fully saturated rings. The van der Waals surface area contributed by atoms with Crippen LogP contribution in [0.4, 0.5) is 11.6 Å². The number of likely N-dealkylation sites (N-methyl/N-ethyl adjacent to an activating group) is 1. The van der Waals surface area contributed by atoms with Crippen molar-refractivity contribution in [3.63, 3.8) is 0 Å². The molecule has 2 N–H and O–H groups in total. The molecule has 1 saturated heterocycles. The molecule has 0 unspecified atom stereocenters. The molecule has 0 bridgehead atoms. The summed E-state index contributed by atoms with van der Waals surface area (Å²) in [4.78, 5) is 22.6. The summed E-state index contributed by atoms with van der Waals surface area (Å²) in [5, 5.41) is 18.4. The maximum atomic E-state index is 13.6. The predicted molar refractivity (Wildman–Crippen MR) is 165 cm³/mol. The number of benzene rings is 2. The molecule has 9 nitrogen and oxygen atoms in total. The molecule has 2 aromatic carbocycles. The van der Waals surface area contributed by atoms with Gasteiger partial charge in [0.1, 0.15) is 10.7 Å². The van der Waals surface area contributed by atoms with Gasteiger partial charge in [0, 0.05) is 42.8 Å². The largest absolute Gasteiger partial charge is 0.583 e. The number of aryl methyl sites for hydroxylation is 1. The number of hydrogen-bond acceptors (Lipinski definition) is 9. The first-order valence-corrected chi connectivity index (χ1v) is 14.0. The van der Waals surface area contributed by atoms with Gasteiger partial charge in [-0.2, -0.15) is 0 Å². The Hall–Kier alpha value is -3.86. The molecule has 0 radical (unpaired) electrons. The maximum absolute atomic E-state index is 13.6. The number of pyridine rings is 1. The zero-order valence-corrected chi connectivity index (χ0v) is 24.2. The lowest BCUT2D eigenvalue weighted by molar-refractivity contribution is 0.286. The molecule has 2 aliphatic heterocycles. The molecule has 11 heteroatoms. The first-order chi connectivity index (χ1) is 19.7. The third kappa shape index (κ3) is 5.19. The van der Waals surface area contributed by atoms with Crippen molar-refractivity contribution in [3.8, 4) is 11.3 Å². The fraction of sp³-hybridized carbons (Fsp3) is 0.300. The molecule has 41 heavy (non-hydrogen) atoms. The Labute approximate surface area is 243 Å². The van der Waals surface area contributed by atoms with E-state index in [0.717, 1.165) is 54.1 Å². The monoisotopic (exact) mass is 571 g/mol. The lowest BCUT2D eigenvalue weighted by Crippen LogP contribution is -2.45. The van der Waals surface area contributed by atoms with E-state index in [2.05, 4.69) is 38.4 Å². The van der Waals surface area contributed by atoms with E-state index in [4.69, 9.17) is 20.8 Å². The third-order valence-electron chi connectivity index (χ3n) is 7.84. The van der Waals surface area contributed by atoms with Crippen LogP contribution in [0.25, 0.3) is 22.2 Å². The molecular formula is C30H31BClN5O4. The number of hydrogen-bond donors (Lipinski definition) is 2. The van der Waals surface area contributed by atoms with Gasteiger partial charge in [-0.1, -0.05) is 29.8 Å².